The second-order valence-electron chi connectivity index (χ2n) is 5.82. The number of fused-ring (bicyclic) bond motifs is 1. The molecule has 0 unspecified atom stereocenters. The van der Waals surface area contributed by atoms with E-state index in [1.807, 2.05) is 23.7 Å². The Balaban J connectivity index is 1.57. The Morgan fingerprint density at radius 3 is 2.73 bits per heavy atom. The van der Waals surface area contributed by atoms with Crippen LogP contribution in [0.15, 0.2) is 52.4 Å². The SMILES string of the molecule is CCc1nc2ccc(Br)cn2c1NCc1nc(-c2ccc(F)cc2)cs1. The van der Waals surface area contributed by atoms with Crippen molar-refractivity contribution < 1.29 is 4.39 Å². The average Bonchev–Trinajstić information content (AvgIpc) is 3.24. The van der Waals surface area contributed by atoms with Crippen LogP contribution in [0.4, 0.5) is 10.2 Å². The zero-order chi connectivity index (χ0) is 18.1. The van der Waals surface area contributed by atoms with Gasteiger partial charge in [-0.25, -0.2) is 14.4 Å². The number of benzene rings is 1. The number of aromatic nitrogens is 3. The minimum atomic E-state index is -0.239. The Morgan fingerprint density at radius 1 is 1.15 bits per heavy atom. The van der Waals surface area contributed by atoms with Crippen molar-refractivity contribution >= 4 is 38.7 Å². The molecule has 0 bridgehead atoms. The van der Waals surface area contributed by atoms with E-state index in [-0.39, 0.29) is 5.82 Å². The molecule has 4 aromatic rings. The van der Waals surface area contributed by atoms with Crippen molar-refractivity contribution in [1.82, 2.24) is 14.4 Å². The van der Waals surface area contributed by atoms with Gasteiger partial charge in [0.1, 0.15) is 22.3 Å². The summed E-state index contributed by atoms with van der Waals surface area (Å²) in [5, 5.41) is 6.44. The smallest absolute Gasteiger partial charge is 0.138 e. The summed E-state index contributed by atoms with van der Waals surface area (Å²) in [4.78, 5) is 9.33. The number of nitrogens with zero attached hydrogens (tertiary/aromatic N) is 3. The predicted molar refractivity (Wildman–Crippen MR) is 107 cm³/mol. The van der Waals surface area contributed by atoms with E-state index in [9.17, 15) is 4.39 Å². The summed E-state index contributed by atoms with van der Waals surface area (Å²) < 4.78 is 16.1. The molecule has 132 valence electrons. The Hall–Kier alpha value is -2.25. The monoisotopic (exact) mass is 430 g/mol. The largest absolute Gasteiger partial charge is 0.363 e. The Morgan fingerprint density at radius 2 is 1.96 bits per heavy atom. The lowest BCUT2D eigenvalue weighted by molar-refractivity contribution is 0.628. The van der Waals surface area contributed by atoms with Gasteiger partial charge in [-0.15, -0.1) is 11.3 Å². The van der Waals surface area contributed by atoms with Gasteiger partial charge in [0.25, 0.3) is 0 Å². The van der Waals surface area contributed by atoms with Crippen LogP contribution in [0.3, 0.4) is 0 Å². The first-order valence-corrected chi connectivity index (χ1v) is 9.92. The molecule has 3 aromatic heterocycles. The van der Waals surface area contributed by atoms with Gasteiger partial charge in [-0.05, 0) is 58.7 Å². The molecule has 0 spiro atoms. The molecule has 4 nitrogen and oxygen atoms in total. The maximum Gasteiger partial charge on any atom is 0.138 e. The molecule has 0 radical (unpaired) electrons. The van der Waals surface area contributed by atoms with Crippen molar-refractivity contribution in [2.24, 2.45) is 0 Å². The van der Waals surface area contributed by atoms with Crippen molar-refractivity contribution in [3.63, 3.8) is 0 Å². The van der Waals surface area contributed by atoms with Crippen molar-refractivity contribution in [3.8, 4) is 11.3 Å². The van der Waals surface area contributed by atoms with E-state index in [2.05, 4.69) is 42.5 Å². The molecular weight excluding hydrogens is 415 g/mol. The third-order valence-corrected chi connectivity index (χ3v) is 5.41. The number of thiazole rings is 1. The average molecular weight is 431 g/mol. The summed E-state index contributed by atoms with van der Waals surface area (Å²) in [6.07, 6.45) is 2.86. The standard InChI is InChI=1S/C19H16BrFN4S/c1-2-15-19(25-10-13(20)5-8-17(25)23-15)22-9-18-24-16(11-26-18)12-3-6-14(21)7-4-12/h3-8,10-11,22H,2,9H2,1H3. The first kappa shape index (κ1) is 17.2. The summed E-state index contributed by atoms with van der Waals surface area (Å²) in [6.45, 7) is 2.71. The van der Waals surface area contributed by atoms with Crippen LogP contribution >= 0.6 is 27.3 Å². The summed E-state index contributed by atoms with van der Waals surface area (Å²) in [5.41, 5.74) is 3.72. The molecule has 0 aliphatic carbocycles. The van der Waals surface area contributed by atoms with Crippen LogP contribution in [0.2, 0.25) is 0 Å². The highest BCUT2D eigenvalue weighted by Crippen LogP contribution is 2.25. The summed E-state index contributed by atoms with van der Waals surface area (Å²) in [7, 11) is 0. The van der Waals surface area contributed by atoms with Gasteiger partial charge in [0.2, 0.25) is 0 Å². The lowest BCUT2D eigenvalue weighted by atomic mass is 10.2. The number of rotatable bonds is 5. The van der Waals surface area contributed by atoms with Crippen LogP contribution in [0.1, 0.15) is 17.6 Å². The lowest BCUT2D eigenvalue weighted by Gasteiger charge is -2.06. The fourth-order valence-corrected chi connectivity index (χ4v) is 3.89. The number of pyridine rings is 1. The molecule has 1 aromatic carbocycles. The Bertz CT molecular complexity index is 1060. The third-order valence-electron chi connectivity index (χ3n) is 4.09. The highest BCUT2D eigenvalue weighted by molar-refractivity contribution is 9.10. The molecule has 1 N–H and O–H groups in total. The van der Waals surface area contributed by atoms with Crippen LogP contribution in [0.5, 0.6) is 0 Å². The number of hydrogen-bond donors (Lipinski definition) is 1. The van der Waals surface area contributed by atoms with Gasteiger partial charge in [-0.3, -0.25) is 4.40 Å². The highest BCUT2D eigenvalue weighted by atomic mass is 79.9. The van der Waals surface area contributed by atoms with E-state index in [0.29, 0.717) is 6.54 Å². The molecule has 0 atom stereocenters. The van der Waals surface area contributed by atoms with Gasteiger partial charge >= 0.3 is 0 Å². The number of anilines is 1. The van der Waals surface area contributed by atoms with E-state index in [0.717, 1.165) is 44.3 Å². The van der Waals surface area contributed by atoms with Gasteiger partial charge in [0, 0.05) is 21.6 Å². The Labute approximate surface area is 162 Å². The number of aryl methyl sites for hydroxylation is 1. The topological polar surface area (TPSA) is 42.2 Å². The van der Waals surface area contributed by atoms with Crippen LogP contribution in [0, 0.1) is 5.82 Å². The first-order chi connectivity index (χ1) is 12.6. The van der Waals surface area contributed by atoms with Gasteiger partial charge in [0.15, 0.2) is 0 Å². The van der Waals surface area contributed by atoms with E-state index in [1.165, 1.54) is 12.1 Å². The third kappa shape index (κ3) is 3.37. The normalized spacial score (nSPS) is 11.2. The Kier molecular flexibility index (Phi) is 4.74. The molecular formula is C19H16BrFN4S. The summed E-state index contributed by atoms with van der Waals surface area (Å²) >= 11 is 5.10. The first-order valence-electron chi connectivity index (χ1n) is 8.24. The van der Waals surface area contributed by atoms with E-state index >= 15 is 0 Å². The summed E-state index contributed by atoms with van der Waals surface area (Å²) in [6, 6.07) is 10.4. The summed E-state index contributed by atoms with van der Waals surface area (Å²) in [5.74, 6) is 0.749. The van der Waals surface area contributed by atoms with Crippen molar-refractivity contribution in [2.45, 2.75) is 19.9 Å². The van der Waals surface area contributed by atoms with Crippen LogP contribution in [-0.2, 0) is 13.0 Å². The zero-order valence-electron chi connectivity index (χ0n) is 14.0. The molecule has 0 aliphatic rings. The molecule has 0 amide bonds. The van der Waals surface area contributed by atoms with E-state index in [1.54, 1.807) is 23.5 Å². The number of nitrogens with one attached hydrogen (secondary N) is 1. The molecule has 7 heteroatoms. The van der Waals surface area contributed by atoms with Gasteiger partial charge in [0.05, 0.1) is 17.9 Å². The van der Waals surface area contributed by atoms with Crippen LogP contribution < -0.4 is 5.32 Å². The second-order valence-corrected chi connectivity index (χ2v) is 7.68. The van der Waals surface area contributed by atoms with E-state index in [4.69, 9.17) is 0 Å². The second kappa shape index (κ2) is 7.17. The molecule has 4 rings (SSSR count). The molecule has 0 aliphatic heterocycles. The molecule has 0 saturated heterocycles. The molecule has 0 fully saturated rings. The number of halogens is 2. The molecule has 3 heterocycles. The fraction of sp³-hybridized carbons (Fsp3) is 0.158. The molecule has 26 heavy (non-hydrogen) atoms. The van der Waals surface area contributed by atoms with Gasteiger partial charge < -0.3 is 5.32 Å². The highest BCUT2D eigenvalue weighted by Gasteiger charge is 2.12. The minimum Gasteiger partial charge on any atom is -0.363 e. The van der Waals surface area contributed by atoms with Crippen molar-refractivity contribution in [3.05, 3.63) is 69.0 Å². The van der Waals surface area contributed by atoms with Crippen LogP contribution in [0.25, 0.3) is 16.9 Å². The fourth-order valence-electron chi connectivity index (χ4n) is 2.81. The van der Waals surface area contributed by atoms with Crippen LogP contribution in [-0.4, -0.2) is 14.4 Å². The van der Waals surface area contributed by atoms with Gasteiger partial charge in [-0.2, -0.15) is 0 Å². The van der Waals surface area contributed by atoms with Crippen molar-refractivity contribution in [1.29, 1.82) is 0 Å². The van der Waals surface area contributed by atoms with Gasteiger partial charge in [-0.1, -0.05) is 6.92 Å². The quantitative estimate of drug-likeness (QED) is 0.452. The predicted octanol–water partition coefficient (Wildman–Crippen LogP) is 5.53. The number of hydrogen-bond acceptors (Lipinski definition) is 4. The molecule has 0 saturated carbocycles. The number of imidazole rings is 1. The maximum absolute atomic E-state index is 13.1. The lowest BCUT2D eigenvalue weighted by Crippen LogP contribution is -2.04. The maximum atomic E-state index is 13.1. The van der Waals surface area contributed by atoms with Crippen molar-refractivity contribution in [2.75, 3.05) is 5.32 Å². The minimum absolute atomic E-state index is 0.239. The zero-order valence-corrected chi connectivity index (χ0v) is 16.4. The van der Waals surface area contributed by atoms with E-state index < -0.39 is 0 Å².